The Morgan fingerprint density at radius 1 is 0.667 bits per heavy atom. The van der Waals surface area contributed by atoms with Crippen LogP contribution >= 0.6 is 0 Å². The van der Waals surface area contributed by atoms with Gasteiger partial charge in [-0.05, 0) is 86.9 Å². The molecular weight excluding hydrogens is 376 g/mol. The molecule has 166 valence electrons. The van der Waals surface area contributed by atoms with Gasteiger partial charge in [-0.3, -0.25) is 9.59 Å². The highest BCUT2D eigenvalue weighted by Crippen LogP contribution is 2.48. The Balaban J connectivity index is 0.974. The Morgan fingerprint density at radius 2 is 1.13 bits per heavy atom. The third kappa shape index (κ3) is 5.92. The minimum Gasteiger partial charge on any atom is -0.273 e. The minimum atomic E-state index is 0.00195. The predicted molar refractivity (Wildman–Crippen MR) is 119 cm³/mol. The largest absolute Gasteiger partial charge is 0.273 e. The van der Waals surface area contributed by atoms with Crippen molar-refractivity contribution in [3.05, 3.63) is 0 Å². The number of hydrogen-bond acceptors (Lipinski definition) is 4. The number of hydrogen-bond donors (Lipinski definition) is 2. The van der Waals surface area contributed by atoms with E-state index in [0.29, 0.717) is 24.7 Å². The molecule has 6 atom stereocenters. The maximum absolute atomic E-state index is 11.9. The van der Waals surface area contributed by atoms with E-state index in [4.69, 9.17) is 0 Å². The highest BCUT2D eigenvalue weighted by molar-refractivity contribution is 5.77. The van der Waals surface area contributed by atoms with Crippen molar-refractivity contribution in [3.8, 4) is 0 Å². The van der Waals surface area contributed by atoms with Gasteiger partial charge in [0.25, 0.3) is 0 Å². The fourth-order valence-corrected chi connectivity index (χ4v) is 6.40. The number of unbranched alkanes of at least 4 members (excludes halogenated alkanes) is 3. The standard InChI is InChI=1S/C24H38N4O2/c29-23(27-25-15-21-13-17-7-9-19(21)11-17)5-3-1-2-4-6-24(30)28-26-16-22-14-18-8-10-20(22)12-18/h15-22H,1-14H2,(H,27,29)(H,28,30)/b25-15-,26-16-/t17-,18+,19-,20-,21+,22-/m0/s1. The number of carbonyl (C=O) groups is 2. The molecule has 0 aromatic carbocycles. The van der Waals surface area contributed by atoms with Crippen LogP contribution in [0.25, 0.3) is 0 Å². The van der Waals surface area contributed by atoms with E-state index < -0.39 is 0 Å². The number of carbonyl (C=O) groups excluding carboxylic acids is 2. The molecule has 0 heterocycles. The summed E-state index contributed by atoms with van der Waals surface area (Å²) in [4.78, 5) is 23.8. The average Bonchev–Trinajstić information content (AvgIpc) is 3.52. The van der Waals surface area contributed by atoms with Gasteiger partial charge >= 0.3 is 0 Å². The van der Waals surface area contributed by atoms with Crippen LogP contribution in [-0.2, 0) is 9.59 Å². The molecular formula is C24H38N4O2. The molecule has 0 aromatic rings. The quantitative estimate of drug-likeness (QED) is 0.298. The molecule has 6 heteroatoms. The molecule has 2 amide bonds. The topological polar surface area (TPSA) is 82.9 Å². The first-order chi connectivity index (χ1) is 14.7. The summed E-state index contributed by atoms with van der Waals surface area (Å²) in [6.45, 7) is 0. The van der Waals surface area contributed by atoms with Gasteiger partial charge in [0, 0.05) is 25.3 Å². The molecule has 0 unspecified atom stereocenters. The molecule has 4 bridgehead atoms. The van der Waals surface area contributed by atoms with Gasteiger partial charge in [0.1, 0.15) is 0 Å². The Kier molecular flexibility index (Phi) is 7.56. The molecule has 4 rings (SSSR count). The first-order valence-corrected chi connectivity index (χ1v) is 12.3. The van der Waals surface area contributed by atoms with Gasteiger partial charge in [-0.25, -0.2) is 10.9 Å². The summed E-state index contributed by atoms with van der Waals surface area (Å²) in [5, 5.41) is 8.38. The van der Waals surface area contributed by atoms with Crippen molar-refractivity contribution >= 4 is 24.2 Å². The monoisotopic (exact) mass is 414 g/mol. The van der Waals surface area contributed by atoms with Crippen LogP contribution in [0.1, 0.15) is 89.9 Å². The molecule has 0 radical (unpaired) electrons. The Bertz CT molecular complexity index is 606. The lowest BCUT2D eigenvalue weighted by Gasteiger charge is -2.16. The molecule has 4 aliphatic rings. The fourth-order valence-electron chi connectivity index (χ4n) is 6.40. The number of hydrazone groups is 2. The highest BCUT2D eigenvalue weighted by Gasteiger charge is 2.39. The zero-order valence-electron chi connectivity index (χ0n) is 18.2. The minimum absolute atomic E-state index is 0.00195. The lowest BCUT2D eigenvalue weighted by molar-refractivity contribution is -0.122. The van der Waals surface area contributed by atoms with Crippen LogP contribution in [0, 0.1) is 35.5 Å². The van der Waals surface area contributed by atoms with E-state index in [1.807, 2.05) is 12.4 Å². The van der Waals surface area contributed by atoms with E-state index in [9.17, 15) is 9.59 Å². The van der Waals surface area contributed by atoms with Crippen molar-refractivity contribution in [1.29, 1.82) is 0 Å². The molecule has 4 fully saturated rings. The third-order valence-corrected chi connectivity index (χ3v) is 8.05. The first kappa shape index (κ1) is 21.5. The second kappa shape index (κ2) is 10.5. The van der Waals surface area contributed by atoms with Crippen molar-refractivity contribution < 1.29 is 9.59 Å². The van der Waals surface area contributed by atoms with Gasteiger partial charge in [-0.15, -0.1) is 0 Å². The van der Waals surface area contributed by atoms with Gasteiger partial charge in [-0.1, -0.05) is 25.7 Å². The molecule has 2 N–H and O–H groups in total. The maximum atomic E-state index is 11.9. The van der Waals surface area contributed by atoms with E-state index in [-0.39, 0.29) is 11.8 Å². The van der Waals surface area contributed by atoms with Crippen LogP contribution in [0.2, 0.25) is 0 Å². The van der Waals surface area contributed by atoms with Gasteiger partial charge in [0.2, 0.25) is 11.8 Å². The lowest BCUT2D eigenvalue weighted by atomic mass is 9.90. The van der Waals surface area contributed by atoms with E-state index in [0.717, 1.165) is 49.4 Å². The lowest BCUT2D eigenvalue weighted by Crippen LogP contribution is -2.20. The van der Waals surface area contributed by atoms with Crippen LogP contribution < -0.4 is 10.9 Å². The summed E-state index contributed by atoms with van der Waals surface area (Å²) < 4.78 is 0. The van der Waals surface area contributed by atoms with Crippen LogP contribution in [0.15, 0.2) is 10.2 Å². The normalized spacial score (nSPS) is 34.4. The molecule has 0 aliphatic heterocycles. The van der Waals surface area contributed by atoms with Crippen molar-refractivity contribution in [2.24, 2.45) is 45.7 Å². The smallest absolute Gasteiger partial charge is 0.240 e. The van der Waals surface area contributed by atoms with E-state index in [1.165, 1.54) is 51.4 Å². The number of rotatable bonds is 11. The summed E-state index contributed by atoms with van der Waals surface area (Å²) in [6, 6.07) is 0. The van der Waals surface area contributed by atoms with Crippen LogP contribution in [0.5, 0.6) is 0 Å². The van der Waals surface area contributed by atoms with Crippen LogP contribution in [-0.4, -0.2) is 24.2 Å². The van der Waals surface area contributed by atoms with E-state index in [2.05, 4.69) is 21.1 Å². The Hall–Kier alpha value is -1.72. The van der Waals surface area contributed by atoms with E-state index in [1.54, 1.807) is 0 Å². The highest BCUT2D eigenvalue weighted by atomic mass is 16.2. The number of fused-ring (bicyclic) bond motifs is 4. The molecule has 30 heavy (non-hydrogen) atoms. The van der Waals surface area contributed by atoms with Gasteiger partial charge < -0.3 is 0 Å². The van der Waals surface area contributed by atoms with Crippen molar-refractivity contribution in [3.63, 3.8) is 0 Å². The second-order valence-electron chi connectivity index (χ2n) is 10.2. The van der Waals surface area contributed by atoms with Gasteiger partial charge in [-0.2, -0.15) is 10.2 Å². The summed E-state index contributed by atoms with van der Waals surface area (Å²) in [6.07, 6.45) is 19.2. The summed E-state index contributed by atoms with van der Waals surface area (Å²) in [7, 11) is 0. The Labute approximate surface area is 180 Å². The molecule has 4 aliphatic carbocycles. The Morgan fingerprint density at radius 3 is 1.50 bits per heavy atom. The SMILES string of the molecule is O=C(CCCCCCC(=O)N/N=C\[C@H]1C[C@H]2CC[C@H]1C2)N/N=C\[C@@H]1C[C@@H]2CC[C@H]1C2. The van der Waals surface area contributed by atoms with Gasteiger partial charge in [0.15, 0.2) is 0 Å². The molecule has 4 saturated carbocycles. The summed E-state index contributed by atoms with van der Waals surface area (Å²) in [5.41, 5.74) is 5.37. The van der Waals surface area contributed by atoms with Gasteiger partial charge in [0.05, 0.1) is 0 Å². The zero-order chi connectivity index (χ0) is 20.8. The average molecular weight is 415 g/mol. The maximum Gasteiger partial charge on any atom is 0.240 e. The van der Waals surface area contributed by atoms with Crippen molar-refractivity contribution in [2.75, 3.05) is 0 Å². The first-order valence-electron chi connectivity index (χ1n) is 12.3. The van der Waals surface area contributed by atoms with Crippen molar-refractivity contribution in [1.82, 2.24) is 10.9 Å². The van der Waals surface area contributed by atoms with Crippen molar-refractivity contribution in [2.45, 2.75) is 89.9 Å². The summed E-state index contributed by atoms with van der Waals surface area (Å²) >= 11 is 0. The third-order valence-electron chi connectivity index (χ3n) is 8.05. The molecule has 0 spiro atoms. The van der Waals surface area contributed by atoms with Crippen LogP contribution in [0.3, 0.4) is 0 Å². The molecule has 0 saturated heterocycles. The number of nitrogens with one attached hydrogen (secondary N) is 2. The van der Waals surface area contributed by atoms with Crippen LogP contribution in [0.4, 0.5) is 0 Å². The van der Waals surface area contributed by atoms with E-state index >= 15 is 0 Å². The summed E-state index contributed by atoms with van der Waals surface area (Å²) in [5.74, 6) is 4.56. The number of amides is 2. The predicted octanol–water partition coefficient (Wildman–Crippen LogP) is 4.40. The molecule has 0 aromatic heterocycles. The molecule has 6 nitrogen and oxygen atoms in total. The fraction of sp³-hybridized carbons (Fsp3) is 0.833. The number of nitrogens with zero attached hydrogens (tertiary/aromatic N) is 2. The second-order valence-corrected chi connectivity index (χ2v) is 10.2. The zero-order valence-corrected chi connectivity index (χ0v) is 18.2.